The third kappa shape index (κ3) is 3.20. The van der Waals surface area contributed by atoms with Gasteiger partial charge in [-0.25, -0.2) is 9.67 Å². The molecule has 1 aliphatic heterocycles. The number of anilines is 1. The van der Waals surface area contributed by atoms with Crippen molar-refractivity contribution in [2.75, 3.05) is 18.6 Å². The molecule has 154 valence electrons. The number of para-hydroxylation sites is 1. The van der Waals surface area contributed by atoms with Crippen molar-refractivity contribution in [3.05, 3.63) is 84.1 Å². The summed E-state index contributed by atoms with van der Waals surface area (Å²) in [5.41, 5.74) is 3.35. The molecular weight excluding hydrogens is 392 g/mol. The van der Waals surface area contributed by atoms with Crippen LogP contribution in [0.3, 0.4) is 0 Å². The molecule has 2 aromatic carbocycles. The number of aromatic hydroxyl groups is 1. The molecule has 4 aromatic rings. The van der Waals surface area contributed by atoms with E-state index in [1.165, 1.54) is 4.68 Å². The number of amides is 1. The van der Waals surface area contributed by atoms with Crippen molar-refractivity contribution in [1.29, 1.82) is 0 Å². The van der Waals surface area contributed by atoms with Crippen LogP contribution in [0.4, 0.5) is 5.82 Å². The van der Waals surface area contributed by atoms with Gasteiger partial charge >= 0.3 is 0 Å². The molecule has 0 saturated carbocycles. The Labute approximate surface area is 179 Å². The molecule has 0 atom stereocenters. The molecular formula is C24H20N4O3. The van der Waals surface area contributed by atoms with Crippen LogP contribution in [0, 0.1) is 0 Å². The van der Waals surface area contributed by atoms with Crippen LogP contribution >= 0.6 is 0 Å². The number of ether oxygens (including phenoxy) is 1. The molecule has 1 N–H and O–H groups in total. The lowest BCUT2D eigenvalue weighted by Crippen LogP contribution is -2.33. The Morgan fingerprint density at radius 3 is 2.55 bits per heavy atom. The van der Waals surface area contributed by atoms with Crippen molar-refractivity contribution < 1.29 is 14.6 Å². The Hall–Kier alpha value is -4.13. The summed E-state index contributed by atoms with van der Waals surface area (Å²) in [7, 11) is 1.59. The molecule has 7 heteroatoms. The van der Waals surface area contributed by atoms with Gasteiger partial charge in [0.05, 0.1) is 12.8 Å². The quantitative estimate of drug-likeness (QED) is 0.553. The van der Waals surface area contributed by atoms with Crippen LogP contribution in [0.25, 0.3) is 16.9 Å². The molecule has 0 unspecified atom stereocenters. The van der Waals surface area contributed by atoms with Gasteiger partial charge in [-0.05, 0) is 55.0 Å². The maximum atomic E-state index is 13.3. The number of rotatable bonds is 3. The predicted molar refractivity (Wildman–Crippen MR) is 117 cm³/mol. The van der Waals surface area contributed by atoms with Crippen molar-refractivity contribution in [2.24, 2.45) is 0 Å². The zero-order chi connectivity index (χ0) is 21.4. The second-order valence-corrected chi connectivity index (χ2v) is 7.21. The highest BCUT2D eigenvalue weighted by Gasteiger charge is 2.30. The first kappa shape index (κ1) is 18.9. The van der Waals surface area contributed by atoms with Crippen LogP contribution in [0.1, 0.15) is 15.9 Å². The van der Waals surface area contributed by atoms with Crippen molar-refractivity contribution in [3.8, 4) is 28.6 Å². The number of fused-ring (bicyclic) bond motifs is 3. The minimum atomic E-state index is -0.164. The summed E-state index contributed by atoms with van der Waals surface area (Å²) in [6.07, 6.45) is 2.11. The number of carbonyl (C=O) groups excluding carboxylic acids is 1. The summed E-state index contributed by atoms with van der Waals surface area (Å²) in [6.45, 7) is 0.371. The number of carbonyl (C=O) groups is 1. The Balaban J connectivity index is 1.59. The topological polar surface area (TPSA) is 80.5 Å². The summed E-state index contributed by atoms with van der Waals surface area (Å²) < 4.78 is 6.72. The van der Waals surface area contributed by atoms with E-state index < -0.39 is 0 Å². The van der Waals surface area contributed by atoms with Gasteiger partial charge in [0.1, 0.15) is 17.3 Å². The Bertz CT molecular complexity index is 1250. The first-order valence-corrected chi connectivity index (χ1v) is 9.95. The van der Waals surface area contributed by atoms with E-state index in [1.54, 1.807) is 42.5 Å². The normalized spacial score (nSPS) is 12.6. The number of pyridine rings is 1. The molecule has 0 saturated heterocycles. The Kier molecular flexibility index (Phi) is 4.63. The second kappa shape index (κ2) is 7.60. The first-order chi connectivity index (χ1) is 15.2. The minimum absolute atomic E-state index is 0.0785. The van der Waals surface area contributed by atoms with Gasteiger partial charge < -0.3 is 9.84 Å². The highest BCUT2D eigenvalue weighted by molar-refractivity contribution is 6.07. The molecule has 0 spiro atoms. The number of methoxy groups -OCH3 is 1. The van der Waals surface area contributed by atoms with Crippen molar-refractivity contribution in [1.82, 2.24) is 14.8 Å². The summed E-state index contributed by atoms with van der Waals surface area (Å²) in [5.74, 6) is 1.13. The lowest BCUT2D eigenvalue weighted by atomic mass is 10.1. The van der Waals surface area contributed by atoms with Crippen LogP contribution in [-0.2, 0) is 6.42 Å². The van der Waals surface area contributed by atoms with Crippen molar-refractivity contribution >= 4 is 11.7 Å². The van der Waals surface area contributed by atoms with Crippen molar-refractivity contribution in [3.63, 3.8) is 0 Å². The van der Waals surface area contributed by atoms with Crippen LogP contribution < -0.4 is 9.64 Å². The third-order valence-corrected chi connectivity index (χ3v) is 5.42. The Morgan fingerprint density at radius 1 is 1.03 bits per heavy atom. The van der Waals surface area contributed by atoms with Crippen LogP contribution in [0.2, 0.25) is 0 Å². The highest BCUT2D eigenvalue weighted by atomic mass is 16.5. The predicted octanol–water partition coefficient (Wildman–Crippen LogP) is 3.85. The molecule has 0 fully saturated rings. The van der Waals surface area contributed by atoms with Gasteiger partial charge in [0.2, 0.25) is 5.88 Å². The van der Waals surface area contributed by atoms with Gasteiger partial charge in [-0.2, -0.15) is 5.10 Å². The fourth-order valence-electron chi connectivity index (χ4n) is 3.85. The fourth-order valence-corrected chi connectivity index (χ4v) is 3.85. The zero-order valence-electron chi connectivity index (χ0n) is 16.9. The average molecular weight is 412 g/mol. The molecule has 0 aliphatic carbocycles. The van der Waals surface area contributed by atoms with Gasteiger partial charge in [0.25, 0.3) is 5.91 Å². The van der Waals surface area contributed by atoms with Gasteiger partial charge in [0.15, 0.2) is 0 Å². The van der Waals surface area contributed by atoms with E-state index in [-0.39, 0.29) is 11.8 Å². The van der Waals surface area contributed by atoms with E-state index in [0.29, 0.717) is 46.9 Å². The lowest BCUT2D eigenvalue weighted by molar-refractivity contribution is 0.0986. The van der Waals surface area contributed by atoms with Crippen LogP contribution in [0.5, 0.6) is 11.6 Å². The summed E-state index contributed by atoms with van der Waals surface area (Å²) in [4.78, 5) is 19.5. The fraction of sp³-hybridized carbons (Fsp3) is 0.125. The molecule has 31 heavy (non-hydrogen) atoms. The van der Waals surface area contributed by atoms with E-state index >= 15 is 0 Å². The van der Waals surface area contributed by atoms with E-state index in [2.05, 4.69) is 10.1 Å². The minimum Gasteiger partial charge on any atom is -0.497 e. The lowest BCUT2D eigenvalue weighted by Gasteiger charge is -2.22. The second-order valence-electron chi connectivity index (χ2n) is 7.21. The van der Waals surface area contributed by atoms with Gasteiger partial charge in [-0.1, -0.05) is 18.2 Å². The molecule has 7 nitrogen and oxygen atoms in total. The molecule has 3 heterocycles. The summed E-state index contributed by atoms with van der Waals surface area (Å²) >= 11 is 0. The van der Waals surface area contributed by atoms with Crippen LogP contribution in [0.15, 0.2) is 72.9 Å². The summed E-state index contributed by atoms with van der Waals surface area (Å²) in [6, 6.07) is 20.2. The molecule has 2 aromatic heterocycles. The Morgan fingerprint density at radius 2 is 1.81 bits per heavy atom. The van der Waals surface area contributed by atoms with Gasteiger partial charge in [-0.15, -0.1) is 0 Å². The summed E-state index contributed by atoms with van der Waals surface area (Å²) in [5, 5.41) is 15.6. The van der Waals surface area contributed by atoms with Crippen LogP contribution in [-0.4, -0.2) is 39.4 Å². The van der Waals surface area contributed by atoms with Crippen molar-refractivity contribution in [2.45, 2.75) is 6.42 Å². The van der Waals surface area contributed by atoms with E-state index in [1.807, 2.05) is 42.5 Å². The largest absolute Gasteiger partial charge is 0.497 e. The number of hydrogen-bond donors (Lipinski definition) is 1. The number of aromatic nitrogens is 3. The molecule has 5 rings (SSSR count). The monoisotopic (exact) mass is 412 g/mol. The van der Waals surface area contributed by atoms with Gasteiger partial charge in [-0.3, -0.25) is 9.69 Å². The molecule has 1 aliphatic rings. The van der Waals surface area contributed by atoms with E-state index in [0.717, 1.165) is 5.69 Å². The third-order valence-electron chi connectivity index (χ3n) is 5.42. The standard InChI is InChI=1S/C24H20N4O3/c1-31-18-11-9-16(10-12-18)23(29)27-15-13-20-21(19-8-5-14-25-22(19)27)26-28(24(20)30)17-6-3-2-4-7-17/h2-12,14,30H,13,15H2,1H3. The van der Waals surface area contributed by atoms with E-state index in [4.69, 9.17) is 4.74 Å². The number of nitrogens with zero attached hydrogens (tertiary/aromatic N) is 4. The smallest absolute Gasteiger partial charge is 0.259 e. The maximum absolute atomic E-state index is 13.3. The average Bonchev–Trinajstić information content (AvgIpc) is 3.06. The highest BCUT2D eigenvalue weighted by Crippen LogP contribution is 2.39. The number of hydrogen-bond acceptors (Lipinski definition) is 5. The number of benzene rings is 2. The SMILES string of the molecule is COc1ccc(C(=O)N2CCc3c(nn(-c4ccccc4)c3O)-c3cccnc32)cc1. The molecule has 0 radical (unpaired) electrons. The zero-order valence-corrected chi connectivity index (χ0v) is 16.9. The molecule has 0 bridgehead atoms. The first-order valence-electron chi connectivity index (χ1n) is 9.95. The molecule has 1 amide bonds. The van der Waals surface area contributed by atoms with E-state index in [9.17, 15) is 9.90 Å². The van der Waals surface area contributed by atoms with Gasteiger partial charge in [0, 0.05) is 29.4 Å². The maximum Gasteiger partial charge on any atom is 0.259 e.